The van der Waals surface area contributed by atoms with Gasteiger partial charge in [-0.05, 0) is 34.9 Å². The van der Waals surface area contributed by atoms with E-state index >= 15 is 0 Å². The van der Waals surface area contributed by atoms with E-state index in [0.29, 0.717) is 17.7 Å². The summed E-state index contributed by atoms with van der Waals surface area (Å²) in [5.74, 6) is -0.882. The number of fused-ring (bicyclic) bond motifs is 3. The topological polar surface area (TPSA) is 73.7 Å². The molecule has 0 fully saturated rings. The molecule has 0 unspecified atom stereocenters. The zero-order valence-electron chi connectivity index (χ0n) is 8.84. The van der Waals surface area contributed by atoms with Crippen LogP contribution < -0.4 is 0 Å². The van der Waals surface area contributed by atoms with Gasteiger partial charge in [0.25, 0.3) is 0 Å². The number of hydrogen-bond donors (Lipinski definition) is 1. The number of nitrogens with zero attached hydrogens (tertiary/aromatic N) is 2. The number of hydrogen-bond acceptors (Lipinski definition) is 1. The van der Waals surface area contributed by atoms with Gasteiger partial charge in [0.1, 0.15) is 0 Å². The minimum atomic E-state index is -0.882. The highest BCUT2D eigenvalue weighted by atomic mass is 16.4. The maximum atomic E-state index is 10.9. The van der Waals surface area contributed by atoms with Crippen LogP contribution in [0.15, 0.2) is 23.8 Å². The van der Waals surface area contributed by atoms with Crippen molar-refractivity contribution in [3.8, 4) is 0 Å². The van der Waals surface area contributed by atoms with Crippen molar-refractivity contribution in [2.75, 3.05) is 0 Å². The molecule has 0 saturated carbocycles. The fraction of sp³-hybridized carbons (Fsp3) is 0.0769. The quantitative estimate of drug-likeness (QED) is 0.583. The summed E-state index contributed by atoms with van der Waals surface area (Å²) < 4.78 is 0. The number of rotatable bonds is 1. The smallest absolute Gasteiger partial charge is 0.331 e. The molecule has 2 aliphatic carbocycles. The lowest BCUT2D eigenvalue weighted by Crippen LogP contribution is -2.01. The Balaban J connectivity index is 2.17. The number of carboxylic acid groups (broad SMARTS) is 1. The molecule has 2 aliphatic rings. The van der Waals surface area contributed by atoms with Gasteiger partial charge in [0.15, 0.2) is 0 Å². The summed E-state index contributed by atoms with van der Waals surface area (Å²) in [4.78, 5) is 14.1. The molecular formula is C13H8N2O2. The first kappa shape index (κ1) is 9.75. The van der Waals surface area contributed by atoms with Crippen LogP contribution in [0.5, 0.6) is 0 Å². The van der Waals surface area contributed by atoms with E-state index in [1.165, 1.54) is 0 Å². The molecule has 0 spiro atoms. The summed E-state index contributed by atoms with van der Waals surface area (Å²) in [7, 11) is 0. The number of carboxylic acids is 1. The Morgan fingerprint density at radius 1 is 1.35 bits per heavy atom. The van der Waals surface area contributed by atoms with E-state index < -0.39 is 5.97 Å². The molecule has 4 nitrogen and oxygen atoms in total. The summed E-state index contributed by atoms with van der Waals surface area (Å²) in [5, 5.41) is 8.98. The van der Waals surface area contributed by atoms with Gasteiger partial charge in [-0.15, -0.1) is 0 Å². The van der Waals surface area contributed by atoms with Crippen molar-refractivity contribution in [2.45, 2.75) is 6.42 Å². The molecule has 1 N–H and O–H groups in total. The van der Waals surface area contributed by atoms with Crippen LogP contribution in [0.4, 0.5) is 0 Å². The lowest BCUT2D eigenvalue weighted by atomic mass is 9.98. The van der Waals surface area contributed by atoms with Crippen molar-refractivity contribution in [2.24, 2.45) is 0 Å². The van der Waals surface area contributed by atoms with Crippen LogP contribution in [0.25, 0.3) is 17.7 Å². The van der Waals surface area contributed by atoms with Crippen LogP contribution >= 0.6 is 0 Å². The molecule has 82 valence electrons. The molecule has 0 radical (unpaired) electrons. The lowest BCUT2D eigenvalue weighted by Gasteiger charge is -2.04. The molecule has 1 aromatic carbocycles. The molecule has 4 heteroatoms. The first-order chi connectivity index (χ1) is 8.20. The van der Waals surface area contributed by atoms with E-state index in [2.05, 4.69) is 4.79 Å². The van der Waals surface area contributed by atoms with Gasteiger partial charge in [-0.2, -0.15) is 4.79 Å². The van der Waals surface area contributed by atoms with Crippen molar-refractivity contribution in [1.82, 2.24) is 0 Å². The van der Waals surface area contributed by atoms with E-state index in [1.807, 2.05) is 18.2 Å². The molecule has 0 amide bonds. The second-order valence-electron chi connectivity index (χ2n) is 4.06. The largest absolute Gasteiger partial charge is 0.478 e. The minimum absolute atomic E-state index is 0.399. The Labute approximate surface area is 97.1 Å². The molecule has 0 heterocycles. The van der Waals surface area contributed by atoms with Crippen LogP contribution in [0, 0.1) is 0 Å². The molecule has 17 heavy (non-hydrogen) atoms. The monoisotopic (exact) mass is 224 g/mol. The molecule has 0 saturated heterocycles. The van der Waals surface area contributed by atoms with Gasteiger partial charge < -0.3 is 10.6 Å². The zero-order valence-corrected chi connectivity index (χ0v) is 8.84. The zero-order chi connectivity index (χ0) is 12.0. The lowest BCUT2D eigenvalue weighted by molar-refractivity contribution is -0.132. The van der Waals surface area contributed by atoms with E-state index in [9.17, 15) is 4.79 Å². The average Bonchev–Trinajstić information content (AvgIpc) is 2.91. The second kappa shape index (κ2) is 3.27. The predicted octanol–water partition coefficient (Wildman–Crippen LogP) is 1.76. The Morgan fingerprint density at radius 2 is 2.18 bits per heavy atom. The van der Waals surface area contributed by atoms with Gasteiger partial charge in [-0.25, -0.2) is 4.79 Å². The first-order valence-electron chi connectivity index (χ1n) is 5.21. The number of allylic oxidation sites excluding steroid dienone is 1. The normalized spacial score (nSPS) is 15.3. The Hall–Kier alpha value is -2.45. The highest BCUT2D eigenvalue weighted by Gasteiger charge is 2.27. The summed E-state index contributed by atoms with van der Waals surface area (Å²) in [6.07, 6.45) is 5.71. The fourth-order valence-electron chi connectivity index (χ4n) is 2.33. The molecule has 0 atom stereocenters. The number of benzene rings is 1. The fourth-order valence-corrected chi connectivity index (χ4v) is 2.33. The molecular weight excluding hydrogens is 216 g/mol. The molecule has 3 rings (SSSR count). The predicted molar refractivity (Wildman–Crippen MR) is 62.5 cm³/mol. The molecule has 0 aromatic heterocycles. The van der Waals surface area contributed by atoms with Crippen molar-refractivity contribution in [1.29, 1.82) is 0 Å². The van der Waals surface area contributed by atoms with E-state index in [4.69, 9.17) is 10.6 Å². The number of aliphatic carboxylic acids is 1. The van der Waals surface area contributed by atoms with E-state index in [1.54, 1.807) is 12.2 Å². The second-order valence-corrected chi connectivity index (χ2v) is 4.06. The first-order valence-corrected chi connectivity index (χ1v) is 5.21. The minimum Gasteiger partial charge on any atom is -0.478 e. The van der Waals surface area contributed by atoms with E-state index in [-0.39, 0.29) is 0 Å². The third kappa shape index (κ3) is 1.28. The summed E-state index contributed by atoms with van der Waals surface area (Å²) in [6, 6.07) is 3.72. The van der Waals surface area contributed by atoms with Gasteiger partial charge in [0.05, 0.1) is 5.56 Å². The van der Waals surface area contributed by atoms with Crippen LogP contribution in [0.1, 0.15) is 22.3 Å². The van der Waals surface area contributed by atoms with Crippen LogP contribution in [-0.2, 0) is 11.2 Å². The van der Waals surface area contributed by atoms with Crippen molar-refractivity contribution in [3.05, 3.63) is 51.6 Å². The van der Waals surface area contributed by atoms with Gasteiger partial charge in [-0.3, -0.25) is 0 Å². The Bertz CT molecular complexity index is 662. The maximum Gasteiger partial charge on any atom is 0.331 e. The van der Waals surface area contributed by atoms with Crippen LogP contribution in [0.2, 0.25) is 0 Å². The molecule has 0 aliphatic heterocycles. The Kier molecular flexibility index (Phi) is 1.88. The summed E-state index contributed by atoms with van der Waals surface area (Å²) in [5.41, 5.74) is 13.5. The third-order valence-corrected chi connectivity index (χ3v) is 3.16. The molecule has 1 aromatic rings. The highest BCUT2D eigenvalue weighted by Crippen LogP contribution is 2.33. The van der Waals surface area contributed by atoms with Gasteiger partial charge in [0.2, 0.25) is 0 Å². The van der Waals surface area contributed by atoms with Gasteiger partial charge in [-0.1, -0.05) is 6.07 Å². The average molecular weight is 224 g/mol. The standard InChI is InChI=1S/C13H8N2O2/c14-15-12-4-3-9-10(12)2-1-7-5-8(13(16)17)6-11(7)9/h1-5H,6H2,(H,16,17). The summed E-state index contributed by atoms with van der Waals surface area (Å²) in [6.45, 7) is 0. The van der Waals surface area contributed by atoms with Crippen molar-refractivity contribution in [3.63, 3.8) is 0 Å². The van der Waals surface area contributed by atoms with Crippen molar-refractivity contribution >= 4 is 23.8 Å². The van der Waals surface area contributed by atoms with Gasteiger partial charge in [0, 0.05) is 18.1 Å². The van der Waals surface area contributed by atoms with Gasteiger partial charge >= 0.3 is 11.7 Å². The third-order valence-electron chi connectivity index (χ3n) is 3.16. The Morgan fingerprint density at radius 3 is 2.88 bits per heavy atom. The maximum absolute atomic E-state index is 10.9. The molecule has 0 bridgehead atoms. The van der Waals surface area contributed by atoms with Crippen molar-refractivity contribution < 1.29 is 14.7 Å². The summed E-state index contributed by atoms with van der Waals surface area (Å²) >= 11 is 0. The highest BCUT2D eigenvalue weighted by molar-refractivity contribution is 6.15. The van der Waals surface area contributed by atoms with E-state index in [0.717, 1.165) is 22.3 Å². The number of carbonyl (C=O) groups is 1. The van der Waals surface area contributed by atoms with Crippen LogP contribution in [-0.4, -0.2) is 21.6 Å². The SMILES string of the molecule is [N-]=[N+]=C1C=Cc2c1ccc1c2CC(C(=O)O)=C1. The van der Waals surface area contributed by atoms with Crippen LogP contribution in [0.3, 0.4) is 0 Å².